The number of hydrogen-bond acceptors (Lipinski definition) is 5. The van der Waals surface area contributed by atoms with Gasteiger partial charge < -0.3 is 4.90 Å². The number of likely N-dealkylation sites (tertiary alicyclic amines) is 1. The Hall–Kier alpha value is -2.11. The second-order valence-corrected chi connectivity index (χ2v) is 9.07. The number of nitrogens with zero attached hydrogens (tertiary/aromatic N) is 2. The Balaban J connectivity index is 1.62. The van der Waals surface area contributed by atoms with E-state index in [-0.39, 0.29) is 40.3 Å². The van der Waals surface area contributed by atoms with E-state index in [0.29, 0.717) is 12.8 Å². The maximum atomic E-state index is 13.0. The molecule has 6 nitrogen and oxygen atoms in total. The summed E-state index contributed by atoms with van der Waals surface area (Å²) < 4.78 is 65.7. The summed E-state index contributed by atoms with van der Waals surface area (Å²) in [5.74, 6) is -3.64. The molecule has 1 saturated heterocycles. The largest absolute Gasteiger partial charge is 0.338 e. The minimum Gasteiger partial charge on any atom is -0.338 e. The van der Waals surface area contributed by atoms with Crippen molar-refractivity contribution in [2.75, 3.05) is 13.1 Å². The molecule has 156 valence electrons. The van der Waals surface area contributed by atoms with Crippen LogP contribution in [0.1, 0.15) is 23.2 Å². The fraction of sp³-hybridized carbons (Fsp3) is 0.333. The second-order valence-electron chi connectivity index (χ2n) is 6.38. The molecule has 1 N–H and O–H groups in total. The van der Waals surface area contributed by atoms with Crippen LogP contribution in [0.25, 0.3) is 0 Å². The second kappa shape index (κ2) is 9.14. The number of amides is 1. The fourth-order valence-corrected chi connectivity index (χ4v) is 4.88. The number of alkyl halides is 2. The first-order valence-corrected chi connectivity index (χ1v) is 11.1. The Bertz CT molecular complexity index is 964. The summed E-state index contributed by atoms with van der Waals surface area (Å²) in [6.45, 7) is 0.534. The number of piperidine rings is 1. The lowest BCUT2D eigenvalue weighted by Gasteiger charge is -2.32. The van der Waals surface area contributed by atoms with Crippen LogP contribution in [0.5, 0.6) is 0 Å². The first kappa shape index (κ1) is 21.6. The van der Waals surface area contributed by atoms with Crippen LogP contribution in [0, 0.1) is 5.82 Å². The van der Waals surface area contributed by atoms with Gasteiger partial charge in [0.1, 0.15) is 10.8 Å². The minimum atomic E-state index is -3.80. The van der Waals surface area contributed by atoms with Crippen LogP contribution in [0.2, 0.25) is 0 Å². The van der Waals surface area contributed by atoms with Gasteiger partial charge in [0.15, 0.2) is 0 Å². The molecule has 0 bridgehead atoms. The average molecular weight is 445 g/mol. The van der Waals surface area contributed by atoms with Crippen molar-refractivity contribution in [2.24, 2.45) is 0 Å². The van der Waals surface area contributed by atoms with Gasteiger partial charge in [-0.2, -0.15) is 8.78 Å². The maximum Gasteiger partial charge on any atom is 0.290 e. The third-order valence-electron chi connectivity index (χ3n) is 4.43. The molecule has 1 aromatic carbocycles. The van der Waals surface area contributed by atoms with Crippen molar-refractivity contribution in [3.63, 3.8) is 0 Å². The van der Waals surface area contributed by atoms with Gasteiger partial charge in [0.25, 0.3) is 11.7 Å². The number of nitrogens with one attached hydrogen (secondary N) is 1. The van der Waals surface area contributed by atoms with Crippen LogP contribution >= 0.6 is 11.8 Å². The Morgan fingerprint density at radius 2 is 1.83 bits per heavy atom. The molecule has 0 aliphatic carbocycles. The fourth-order valence-electron chi connectivity index (χ4n) is 3.00. The van der Waals surface area contributed by atoms with Crippen molar-refractivity contribution >= 4 is 27.7 Å². The standard InChI is InChI=1S/C18H18F3N3O3S2/c19-12-3-5-14(6-4-12)29(26,27)23-13-7-10-24(11-8-13)17(25)15-2-1-9-22-16(15)28-18(20)21/h1-6,9,13,18,23H,7-8,10-11H2. The van der Waals surface area contributed by atoms with E-state index in [2.05, 4.69) is 9.71 Å². The van der Waals surface area contributed by atoms with E-state index in [9.17, 15) is 26.4 Å². The predicted octanol–water partition coefficient (Wildman–Crippen LogP) is 3.12. The van der Waals surface area contributed by atoms with E-state index in [1.165, 1.54) is 35.4 Å². The maximum absolute atomic E-state index is 13.0. The smallest absolute Gasteiger partial charge is 0.290 e. The molecule has 2 heterocycles. The highest BCUT2D eigenvalue weighted by Gasteiger charge is 2.28. The lowest BCUT2D eigenvalue weighted by molar-refractivity contribution is 0.0707. The topological polar surface area (TPSA) is 79.4 Å². The molecule has 0 saturated carbocycles. The molecular formula is C18H18F3N3O3S2. The zero-order valence-corrected chi connectivity index (χ0v) is 16.7. The van der Waals surface area contributed by atoms with E-state index < -0.39 is 33.5 Å². The van der Waals surface area contributed by atoms with Gasteiger partial charge in [0.2, 0.25) is 10.0 Å². The molecule has 0 unspecified atom stereocenters. The number of carbonyl (C=O) groups excluding carboxylic acids is 1. The van der Waals surface area contributed by atoms with Crippen LogP contribution in [0.4, 0.5) is 13.2 Å². The molecule has 11 heteroatoms. The number of thioether (sulfide) groups is 1. The summed E-state index contributed by atoms with van der Waals surface area (Å²) in [6.07, 6.45) is 2.07. The first-order valence-electron chi connectivity index (χ1n) is 8.73. The molecule has 1 amide bonds. The van der Waals surface area contributed by atoms with Gasteiger partial charge >= 0.3 is 0 Å². The van der Waals surface area contributed by atoms with Crippen LogP contribution in [0.15, 0.2) is 52.5 Å². The Morgan fingerprint density at radius 1 is 1.17 bits per heavy atom. The van der Waals surface area contributed by atoms with E-state index in [4.69, 9.17) is 0 Å². The third kappa shape index (κ3) is 5.49. The van der Waals surface area contributed by atoms with Gasteiger partial charge in [-0.3, -0.25) is 4.79 Å². The lowest BCUT2D eigenvalue weighted by atomic mass is 10.1. The quantitative estimate of drug-likeness (QED) is 0.692. The SMILES string of the molecule is O=C(c1cccnc1SC(F)F)N1CCC(NS(=O)(=O)c2ccc(F)cc2)CC1. The molecule has 0 atom stereocenters. The van der Waals surface area contributed by atoms with Crippen molar-refractivity contribution in [1.29, 1.82) is 0 Å². The van der Waals surface area contributed by atoms with Gasteiger partial charge in [-0.15, -0.1) is 0 Å². The Kier molecular flexibility index (Phi) is 6.81. The first-order chi connectivity index (χ1) is 13.8. The van der Waals surface area contributed by atoms with Gasteiger partial charge in [-0.1, -0.05) is 0 Å². The highest BCUT2D eigenvalue weighted by molar-refractivity contribution is 7.99. The summed E-state index contributed by atoms with van der Waals surface area (Å²) >= 11 is 0.214. The van der Waals surface area contributed by atoms with Crippen molar-refractivity contribution < 1.29 is 26.4 Å². The molecule has 1 aliphatic rings. The normalized spacial score (nSPS) is 15.7. The van der Waals surface area contributed by atoms with Crippen LogP contribution < -0.4 is 4.72 Å². The van der Waals surface area contributed by atoms with Crippen LogP contribution in [-0.4, -0.2) is 49.1 Å². The Morgan fingerprint density at radius 3 is 2.45 bits per heavy atom. The van der Waals surface area contributed by atoms with Crippen molar-refractivity contribution in [3.05, 3.63) is 54.0 Å². The number of benzene rings is 1. The molecule has 2 aromatic rings. The number of hydrogen-bond donors (Lipinski definition) is 1. The molecular weight excluding hydrogens is 427 g/mol. The zero-order chi connectivity index (χ0) is 21.0. The molecule has 29 heavy (non-hydrogen) atoms. The average Bonchev–Trinajstić information content (AvgIpc) is 2.68. The molecule has 1 fully saturated rings. The van der Waals surface area contributed by atoms with Gasteiger partial charge in [-0.05, 0) is 61.0 Å². The number of pyridine rings is 1. The summed E-state index contributed by atoms with van der Waals surface area (Å²) in [6, 6.07) is 7.06. The van der Waals surface area contributed by atoms with Gasteiger partial charge in [-0.25, -0.2) is 22.5 Å². The highest BCUT2D eigenvalue weighted by Crippen LogP contribution is 2.28. The summed E-state index contributed by atoms with van der Waals surface area (Å²) in [7, 11) is -3.80. The summed E-state index contributed by atoms with van der Waals surface area (Å²) in [5.41, 5.74) is 0.100. The summed E-state index contributed by atoms with van der Waals surface area (Å²) in [4.78, 5) is 18.0. The lowest BCUT2D eigenvalue weighted by Crippen LogP contribution is -2.46. The number of rotatable bonds is 6. The monoisotopic (exact) mass is 445 g/mol. The number of sulfonamides is 1. The number of halogens is 3. The molecule has 3 rings (SSSR count). The van der Waals surface area contributed by atoms with E-state index >= 15 is 0 Å². The summed E-state index contributed by atoms with van der Waals surface area (Å²) in [5, 5.41) is -0.0355. The van der Waals surface area contributed by atoms with Crippen molar-refractivity contribution in [3.8, 4) is 0 Å². The number of aromatic nitrogens is 1. The van der Waals surface area contributed by atoms with Crippen molar-refractivity contribution in [2.45, 2.75) is 34.6 Å². The number of carbonyl (C=O) groups is 1. The van der Waals surface area contributed by atoms with Gasteiger partial charge in [0, 0.05) is 25.3 Å². The van der Waals surface area contributed by atoms with Crippen LogP contribution in [0.3, 0.4) is 0 Å². The highest BCUT2D eigenvalue weighted by atomic mass is 32.2. The molecule has 1 aliphatic heterocycles. The molecule has 0 spiro atoms. The van der Waals surface area contributed by atoms with Crippen molar-refractivity contribution in [1.82, 2.24) is 14.6 Å². The van der Waals surface area contributed by atoms with E-state index in [1.807, 2.05) is 0 Å². The minimum absolute atomic E-state index is 0.0355. The Labute approximate surface area is 170 Å². The molecule has 0 radical (unpaired) electrons. The van der Waals surface area contributed by atoms with E-state index in [0.717, 1.165) is 12.1 Å². The third-order valence-corrected chi connectivity index (χ3v) is 6.69. The van der Waals surface area contributed by atoms with Gasteiger partial charge in [0.05, 0.1) is 10.5 Å². The predicted molar refractivity (Wildman–Crippen MR) is 102 cm³/mol. The van der Waals surface area contributed by atoms with Crippen LogP contribution in [-0.2, 0) is 10.0 Å². The molecule has 1 aromatic heterocycles. The van der Waals surface area contributed by atoms with E-state index in [1.54, 1.807) is 0 Å². The zero-order valence-electron chi connectivity index (χ0n) is 15.1.